The van der Waals surface area contributed by atoms with Gasteiger partial charge >= 0.3 is 0 Å². The maximum absolute atomic E-state index is 13.6. The van der Waals surface area contributed by atoms with Gasteiger partial charge in [-0.3, -0.25) is 4.79 Å². The molecular weight excluding hydrogens is 474 g/mol. The lowest BCUT2D eigenvalue weighted by Gasteiger charge is -2.36. The number of hydrogen-bond donors (Lipinski definition) is 0. The molecule has 0 saturated carbocycles. The number of benzene rings is 2. The number of amides is 1. The topological polar surface area (TPSA) is 89.3 Å². The molecule has 1 saturated heterocycles. The van der Waals surface area contributed by atoms with E-state index < -0.39 is 0 Å². The van der Waals surface area contributed by atoms with Gasteiger partial charge in [0, 0.05) is 50.0 Å². The summed E-state index contributed by atoms with van der Waals surface area (Å²) >= 11 is 1.46. The summed E-state index contributed by atoms with van der Waals surface area (Å²) in [5.74, 6) is 1.19. The van der Waals surface area contributed by atoms with Gasteiger partial charge in [0.15, 0.2) is 10.9 Å². The molecule has 2 aromatic heterocycles. The predicted molar refractivity (Wildman–Crippen MR) is 139 cm³/mol. The third-order valence-corrected chi connectivity index (χ3v) is 7.02. The van der Waals surface area contributed by atoms with Crippen LogP contribution in [0.2, 0.25) is 0 Å². The summed E-state index contributed by atoms with van der Waals surface area (Å²) in [6.07, 6.45) is 3.42. The molecule has 1 aliphatic heterocycles. The molecule has 4 aromatic rings. The average molecular weight is 502 g/mol. The SMILES string of the molecule is COc1ccc(N2CCN(C(=O)c3nnn(-c4ccc(C)cc4)c3CSc3ncccn3)CC2)cc1. The number of piperazine rings is 1. The van der Waals surface area contributed by atoms with Gasteiger partial charge in [0.25, 0.3) is 5.91 Å². The number of methoxy groups -OCH3 is 1. The Kier molecular flexibility index (Phi) is 7.13. The van der Waals surface area contributed by atoms with E-state index in [2.05, 4.69) is 25.2 Å². The number of aromatic nitrogens is 5. The van der Waals surface area contributed by atoms with Crippen LogP contribution in [0.3, 0.4) is 0 Å². The van der Waals surface area contributed by atoms with Crippen molar-refractivity contribution in [2.24, 2.45) is 0 Å². The molecule has 36 heavy (non-hydrogen) atoms. The summed E-state index contributed by atoms with van der Waals surface area (Å²) in [6, 6.07) is 17.8. The number of aryl methyl sites for hydroxylation is 1. The quantitative estimate of drug-likeness (QED) is 0.280. The molecule has 0 radical (unpaired) electrons. The van der Waals surface area contributed by atoms with Crippen molar-refractivity contribution in [1.82, 2.24) is 29.9 Å². The first-order valence-corrected chi connectivity index (χ1v) is 12.7. The summed E-state index contributed by atoms with van der Waals surface area (Å²) in [5.41, 5.74) is 4.24. The largest absolute Gasteiger partial charge is 0.497 e. The highest BCUT2D eigenvalue weighted by atomic mass is 32.2. The van der Waals surface area contributed by atoms with Gasteiger partial charge in [-0.05, 0) is 49.4 Å². The number of nitrogens with zero attached hydrogens (tertiary/aromatic N) is 7. The minimum absolute atomic E-state index is 0.104. The highest BCUT2D eigenvalue weighted by Gasteiger charge is 2.28. The molecule has 0 N–H and O–H groups in total. The summed E-state index contributed by atoms with van der Waals surface area (Å²) in [6.45, 7) is 4.74. The number of anilines is 1. The number of carbonyl (C=O) groups excluding carboxylic acids is 1. The summed E-state index contributed by atoms with van der Waals surface area (Å²) in [5, 5.41) is 9.34. The molecule has 0 atom stereocenters. The van der Waals surface area contributed by atoms with Crippen molar-refractivity contribution in [3.8, 4) is 11.4 Å². The van der Waals surface area contributed by atoms with E-state index in [1.165, 1.54) is 11.8 Å². The fourth-order valence-electron chi connectivity index (χ4n) is 4.09. The summed E-state index contributed by atoms with van der Waals surface area (Å²) in [7, 11) is 1.66. The Bertz CT molecular complexity index is 1300. The third kappa shape index (κ3) is 5.18. The Hall–Kier alpha value is -3.92. The number of carbonyl (C=O) groups is 1. The molecule has 0 spiro atoms. The highest BCUT2D eigenvalue weighted by molar-refractivity contribution is 7.98. The normalized spacial score (nSPS) is 13.6. The van der Waals surface area contributed by atoms with E-state index in [-0.39, 0.29) is 5.91 Å². The van der Waals surface area contributed by atoms with Gasteiger partial charge in [-0.2, -0.15) is 0 Å². The first-order chi connectivity index (χ1) is 17.6. The first kappa shape index (κ1) is 23.8. The van der Waals surface area contributed by atoms with Gasteiger partial charge in [-0.1, -0.05) is 34.7 Å². The average Bonchev–Trinajstić information content (AvgIpc) is 3.36. The van der Waals surface area contributed by atoms with Crippen LogP contribution in [-0.2, 0) is 5.75 Å². The molecule has 1 fully saturated rings. The lowest BCUT2D eigenvalue weighted by Crippen LogP contribution is -2.49. The molecule has 3 heterocycles. The van der Waals surface area contributed by atoms with Gasteiger partial charge < -0.3 is 14.5 Å². The van der Waals surface area contributed by atoms with Crippen LogP contribution in [0.4, 0.5) is 5.69 Å². The Balaban J connectivity index is 1.35. The highest BCUT2D eigenvalue weighted by Crippen LogP contribution is 2.25. The van der Waals surface area contributed by atoms with Crippen molar-refractivity contribution in [3.05, 3.63) is 83.9 Å². The minimum atomic E-state index is -0.104. The lowest BCUT2D eigenvalue weighted by molar-refractivity contribution is 0.0740. The maximum Gasteiger partial charge on any atom is 0.276 e. The van der Waals surface area contributed by atoms with E-state index in [9.17, 15) is 4.79 Å². The molecule has 1 amide bonds. The van der Waals surface area contributed by atoms with E-state index in [4.69, 9.17) is 4.74 Å². The van der Waals surface area contributed by atoms with Crippen LogP contribution < -0.4 is 9.64 Å². The molecule has 2 aromatic carbocycles. The Morgan fingerprint density at radius 3 is 2.28 bits per heavy atom. The first-order valence-electron chi connectivity index (χ1n) is 11.7. The monoisotopic (exact) mass is 501 g/mol. The van der Waals surface area contributed by atoms with Crippen LogP contribution in [0, 0.1) is 6.92 Å². The van der Waals surface area contributed by atoms with Gasteiger partial charge in [0.2, 0.25) is 0 Å². The van der Waals surface area contributed by atoms with E-state index in [0.29, 0.717) is 29.7 Å². The van der Waals surface area contributed by atoms with Gasteiger partial charge in [-0.15, -0.1) is 5.10 Å². The standard InChI is InChI=1S/C26H27N7O2S/c1-19-4-6-21(7-5-19)33-23(18-36-26-27-12-3-13-28-26)24(29-30-33)25(34)32-16-14-31(15-17-32)20-8-10-22(35-2)11-9-20/h3-13H,14-18H2,1-2H3. The van der Waals surface area contributed by atoms with Crippen LogP contribution in [0.1, 0.15) is 21.7 Å². The molecule has 1 aliphatic rings. The van der Waals surface area contributed by atoms with Crippen molar-refractivity contribution in [2.45, 2.75) is 17.8 Å². The molecule has 0 unspecified atom stereocenters. The van der Waals surface area contributed by atoms with Crippen LogP contribution >= 0.6 is 11.8 Å². The molecular formula is C26H27N7O2S. The zero-order valence-electron chi connectivity index (χ0n) is 20.2. The van der Waals surface area contributed by atoms with Crippen molar-refractivity contribution < 1.29 is 9.53 Å². The van der Waals surface area contributed by atoms with Crippen LogP contribution in [0.25, 0.3) is 5.69 Å². The number of ether oxygens (including phenoxy) is 1. The smallest absolute Gasteiger partial charge is 0.276 e. The molecule has 184 valence electrons. The van der Waals surface area contributed by atoms with Crippen molar-refractivity contribution in [2.75, 3.05) is 38.2 Å². The molecule has 9 nitrogen and oxygen atoms in total. The maximum atomic E-state index is 13.6. The van der Waals surface area contributed by atoms with Crippen molar-refractivity contribution >= 4 is 23.4 Å². The molecule has 0 bridgehead atoms. The zero-order valence-corrected chi connectivity index (χ0v) is 21.1. The summed E-state index contributed by atoms with van der Waals surface area (Å²) in [4.78, 5) is 26.3. The molecule has 5 rings (SSSR count). The van der Waals surface area contributed by atoms with E-state index in [1.54, 1.807) is 30.3 Å². The van der Waals surface area contributed by atoms with Gasteiger partial charge in [0.1, 0.15) is 5.75 Å². The molecule has 0 aliphatic carbocycles. The number of thioether (sulfide) groups is 1. The van der Waals surface area contributed by atoms with Crippen molar-refractivity contribution in [3.63, 3.8) is 0 Å². The number of rotatable bonds is 7. The second-order valence-corrected chi connectivity index (χ2v) is 9.37. The zero-order chi connectivity index (χ0) is 24.9. The van der Waals surface area contributed by atoms with Crippen molar-refractivity contribution in [1.29, 1.82) is 0 Å². The Labute approximate surface area is 214 Å². The van der Waals surface area contributed by atoms with Crippen LogP contribution in [0.15, 0.2) is 72.1 Å². The van der Waals surface area contributed by atoms with E-state index in [1.807, 2.05) is 60.4 Å². The number of hydrogen-bond acceptors (Lipinski definition) is 8. The third-order valence-electron chi connectivity index (χ3n) is 6.13. The van der Waals surface area contributed by atoms with Gasteiger partial charge in [-0.25, -0.2) is 14.6 Å². The van der Waals surface area contributed by atoms with Gasteiger partial charge in [0.05, 0.1) is 18.5 Å². The summed E-state index contributed by atoms with van der Waals surface area (Å²) < 4.78 is 7.00. The van der Waals surface area contributed by atoms with Crippen LogP contribution in [-0.4, -0.2) is 69.1 Å². The van der Waals surface area contributed by atoms with E-state index >= 15 is 0 Å². The minimum Gasteiger partial charge on any atom is -0.497 e. The van der Waals surface area contributed by atoms with Crippen LogP contribution in [0.5, 0.6) is 5.75 Å². The lowest BCUT2D eigenvalue weighted by atomic mass is 10.2. The predicted octanol–water partition coefficient (Wildman–Crippen LogP) is 3.63. The van der Waals surface area contributed by atoms with E-state index in [0.717, 1.165) is 41.5 Å². The molecule has 10 heteroatoms. The fourth-order valence-corrected chi connectivity index (χ4v) is 4.89. The Morgan fingerprint density at radius 2 is 1.61 bits per heavy atom. The second kappa shape index (κ2) is 10.8. The Morgan fingerprint density at radius 1 is 0.944 bits per heavy atom. The fraction of sp³-hybridized carbons (Fsp3) is 0.269. The second-order valence-electron chi connectivity index (χ2n) is 8.43.